The standard InChI is InChI=1S/C21H34N2O3/c22-16-8-3-9-18-25-21(24)23(26-20-14-6-2-7-15-20)17-10-13-19-11-4-1-5-12-19/h1,4-5,11-12,20H,2-3,6-10,13-18,22H2. The number of benzene rings is 1. The lowest BCUT2D eigenvalue weighted by Crippen LogP contribution is -2.37. The van der Waals surface area contributed by atoms with Crippen LogP contribution in [-0.2, 0) is 16.0 Å². The van der Waals surface area contributed by atoms with Gasteiger partial charge in [-0.2, -0.15) is 5.06 Å². The van der Waals surface area contributed by atoms with E-state index in [1.165, 1.54) is 29.9 Å². The molecule has 1 aromatic rings. The third kappa shape index (κ3) is 8.19. The number of nitrogens with zero attached hydrogens (tertiary/aromatic N) is 1. The second kappa shape index (κ2) is 12.7. The predicted octanol–water partition coefficient (Wildman–Crippen LogP) is 4.45. The third-order valence-corrected chi connectivity index (χ3v) is 4.78. The number of ether oxygens (including phenoxy) is 1. The molecule has 1 aromatic carbocycles. The van der Waals surface area contributed by atoms with Crippen LogP contribution in [0.2, 0.25) is 0 Å². The molecule has 5 nitrogen and oxygen atoms in total. The predicted molar refractivity (Wildman–Crippen MR) is 104 cm³/mol. The highest BCUT2D eigenvalue weighted by molar-refractivity contribution is 5.66. The first-order valence-corrected chi connectivity index (χ1v) is 10.1. The molecule has 0 radical (unpaired) electrons. The first kappa shape index (κ1) is 20.7. The number of amides is 1. The fraction of sp³-hybridized carbons (Fsp3) is 0.667. The fourth-order valence-corrected chi connectivity index (χ4v) is 3.26. The number of carbonyl (C=O) groups excluding carboxylic acids is 1. The summed E-state index contributed by atoms with van der Waals surface area (Å²) in [5.41, 5.74) is 6.77. The van der Waals surface area contributed by atoms with Gasteiger partial charge in [0, 0.05) is 0 Å². The molecule has 0 unspecified atom stereocenters. The van der Waals surface area contributed by atoms with Gasteiger partial charge in [-0.05, 0) is 57.1 Å². The van der Waals surface area contributed by atoms with Crippen molar-refractivity contribution in [3.63, 3.8) is 0 Å². The molecule has 0 spiro atoms. The molecule has 1 aliphatic carbocycles. The fourth-order valence-electron chi connectivity index (χ4n) is 3.26. The first-order valence-electron chi connectivity index (χ1n) is 10.1. The van der Waals surface area contributed by atoms with Gasteiger partial charge in [0.1, 0.15) is 0 Å². The summed E-state index contributed by atoms with van der Waals surface area (Å²) in [6, 6.07) is 10.3. The molecule has 1 saturated carbocycles. The number of unbranched alkanes of at least 4 members (excludes halogenated alkanes) is 2. The number of carbonyl (C=O) groups is 1. The molecule has 0 aromatic heterocycles. The molecule has 0 heterocycles. The number of hydrogen-bond donors (Lipinski definition) is 1. The van der Waals surface area contributed by atoms with Crippen molar-refractivity contribution < 1.29 is 14.4 Å². The quantitative estimate of drug-likeness (QED) is 0.466. The van der Waals surface area contributed by atoms with E-state index >= 15 is 0 Å². The minimum atomic E-state index is -0.351. The van der Waals surface area contributed by atoms with E-state index in [0.29, 0.717) is 19.7 Å². The smallest absolute Gasteiger partial charge is 0.433 e. The minimum Gasteiger partial charge on any atom is -0.448 e. The van der Waals surface area contributed by atoms with E-state index in [-0.39, 0.29) is 12.2 Å². The molecular weight excluding hydrogens is 328 g/mol. The van der Waals surface area contributed by atoms with E-state index in [2.05, 4.69) is 12.1 Å². The average Bonchev–Trinajstić information content (AvgIpc) is 2.68. The van der Waals surface area contributed by atoms with Crippen LogP contribution in [0, 0.1) is 0 Å². The van der Waals surface area contributed by atoms with Crippen LogP contribution >= 0.6 is 0 Å². The van der Waals surface area contributed by atoms with Crippen LogP contribution in [0.5, 0.6) is 0 Å². The Labute approximate surface area is 157 Å². The molecule has 1 amide bonds. The van der Waals surface area contributed by atoms with E-state index in [0.717, 1.165) is 44.9 Å². The van der Waals surface area contributed by atoms with Crippen molar-refractivity contribution in [3.8, 4) is 0 Å². The lowest BCUT2D eigenvalue weighted by Gasteiger charge is -2.29. The van der Waals surface area contributed by atoms with Crippen molar-refractivity contribution in [1.29, 1.82) is 0 Å². The average molecular weight is 363 g/mol. The van der Waals surface area contributed by atoms with Crippen molar-refractivity contribution in [2.45, 2.75) is 70.3 Å². The summed E-state index contributed by atoms with van der Waals surface area (Å²) in [6.45, 7) is 1.68. The molecule has 0 aliphatic heterocycles. The number of rotatable bonds is 11. The van der Waals surface area contributed by atoms with Gasteiger partial charge in [-0.25, -0.2) is 4.79 Å². The lowest BCUT2D eigenvalue weighted by atomic mass is 9.98. The van der Waals surface area contributed by atoms with E-state index in [1.807, 2.05) is 18.2 Å². The van der Waals surface area contributed by atoms with Gasteiger partial charge in [0.15, 0.2) is 0 Å². The van der Waals surface area contributed by atoms with Gasteiger partial charge >= 0.3 is 6.09 Å². The van der Waals surface area contributed by atoms with Gasteiger partial charge in [0.05, 0.1) is 19.3 Å². The molecule has 0 saturated heterocycles. The molecular formula is C21H34N2O3. The lowest BCUT2D eigenvalue weighted by molar-refractivity contribution is -0.182. The van der Waals surface area contributed by atoms with Crippen LogP contribution < -0.4 is 5.73 Å². The van der Waals surface area contributed by atoms with Crippen LogP contribution in [0.1, 0.15) is 63.4 Å². The summed E-state index contributed by atoms with van der Waals surface area (Å²) in [7, 11) is 0. The number of aryl methyl sites for hydroxylation is 1. The molecule has 146 valence electrons. The maximum Gasteiger partial charge on any atom is 0.433 e. The van der Waals surface area contributed by atoms with E-state index in [1.54, 1.807) is 0 Å². The second-order valence-corrected chi connectivity index (χ2v) is 7.02. The first-order chi connectivity index (χ1) is 12.8. The Morgan fingerprint density at radius 1 is 1.04 bits per heavy atom. The Balaban J connectivity index is 1.78. The van der Waals surface area contributed by atoms with Gasteiger partial charge < -0.3 is 10.5 Å². The maximum absolute atomic E-state index is 12.4. The zero-order valence-corrected chi connectivity index (χ0v) is 15.9. The molecule has 1 aliphatic rings. The highest BCUT2D eigenvalue weighted by Crippen LogP contribution is 2.22. The van der Waals surface area contributed by atoms with E-state index in [9.17, 15) is 4.79 Å². The Bertz CT molecular complexity index is 489. The van der Waals surface area contributed by atoms with Crippen LogP contribution in [0.25, 0.3) is 0 Å². The molecule has 0 atom stereocenters. The van der Waals surface area contributed by atoms with Crippen molar-refractivity contribution in [3.05, 3.63) is 35.9 Å². The SMILES string of the molecule is NCCCCCOC(=O)N(CCCc1ccccc1)OC1CCCCC1. The molecule has 1 fully saturated rings. The summed E-state index contributed by atoms with van der Waals surface area (Å²) in [5, 5.41) is 1.46. The maximum atomic E-state index is 12.4. The van der Waals surface area contributed by atoms with Crippen molar-refractivity contribution in [2.24, 2.45) is 5.73 Å². The van der Waals surface area contributed by atoms with Gasteiger partial charge in [0.2, 0.25) is 0 Å². The molecule has 26 heavy (non-hydrogen) atoms. The topological polar surface area (TPSA) is 64.8 Å². The summed E-state index contributed by atoms with van der Waals surface area (Å²) in [6.07, 6.45) is 10.1. The normalized spacial score (nSPS) is 15.0. The van der Waals surface area contributed by atoms with Gasteiger partial charge in [-0.1, -0.05) is 49.6 Å². The van der Waals surface area contributed by atoms with Crippen molar-refractivity contribution in [2.75, 3.05) is 19.7 Å². The monoisotopic (exact) mass is 362 g/mol. The summed E-state index contributed by atoms with van der Waals surface area (Å²) >= 11 is 0. The third-order valence-electron chi connectivity index (χ3n) is 4.78. The highest BCUT2D eigenvalue weighted by atomic mass is 16.7. The van der Waals surface area contributed by atoms with Gasteiger partial charge in [0.25, 0.3) is 0 Å². The summed E-state index contributed by atoms with van der Waals surface area (Å²) < 4.78 is 5.42. The highest BCUT2D eigenvalue weighted by Gasteiger charge is 2.22. The number of hydroxylamine groups is 2. The molecule has 5 heteroatoms. The largest absolute Gasteiger partial charge is 0.448 e. The molecule has 2 rings (SSSR count). The van der Waals surface area contributed by atoms with Crippen LogP contribution in [0.3, 0.4) is 0 Å². The molecule has 2 N–H and O–H groups in total. The van der Waals surface area contributed by atoms with Gasteiger partial charge in [-0.15, -0.1) is 0 Å². The Morgan fingerprint density at radius 2 is 1.81 bits per heavy atom. The minimum absolute atomic E-state index is 0.144. The zero-order valence-electron chi connectivity index (χ0n) is 15.9. The number of nitrogens with two attached hydrogens (primary N) is 1. The van der Waals surface area contributed by atoms with E-state index in [4.69, 9.17) is 15.3 Å². The van der Waals surface area contributed by atoms with E-state index < -0.39 is 0 Å². The van der Waals surface area contributed by atoms with Crippen molar-refractivity contribution in [1.82, 2.24) is 5.06 Å². The van der Waals surface area contributed by atoms with Crippen molar-refractivity contribution >= 4 is 6.09 Å². The zero-order chi connectivity index (χ0) is 18.5. The Hall–Kier alpha value is -1.59. The van der Waals surface area contributed by atoms with Crippen LogP contribution in [-0.4, -0.2) is 37.0 Å². The summed E-state index contributed by atoms with van der Waals surface area (Å²) in [5.74, 6) is 0. The Morgan fingerprint density at radius 3 is 2.54 bits per heavy atom. The molecule has 0 bridgehead atoms. The second-order valence-electron chi connectivity index (χ2n) is 7.02. The Kier molecular flexibility index (Phi) is 10.1. The van der Waals surface area contributed by atoms with Crippen LogP contribution in [0.4, 0.5) is 4.79 Å². The number of hydrogen-bond acceptors (Lipinski definition) is 4. The summed E-state index contributed by atoms with van der Waals surface area (Å²) in [4.78, 5) is 18.5. The van der Waals surface area contributed by atoms with Gasteiger partial charge in [-0.3, -0.25) is 4.84 Å². The van der Waals surface area contributed by atoms with Crippen LogP contribution in [0.15, 0.2) is 30.3 Å².